The second-order valence-corrected chi connectivity index (χ2v) is 7.93. The Morgan fingerprint density at radius 3 is 2.50 bits per heavy atom. The molecule has 10 nitrogen and oxygen atoms in total. The first-order valence-corrected chi connectivity index (χ1v) is 11.6. The largest absolute Gasteiger partial charge is 0.493 e. The molecule has 0 aliphatic carbocycles. The molecule has 0 radical (unpaired) electrons. The van der Waals surface area contributed by atoms with Crippen LogP contribution in [0.2, 0.25) is 0 Å². The fraction of sp³-hybridized carbons (Fsp3) is 0.308. The first kappa shape index (κ1) is 24.8. The highest BCUT2D eigenvalue weighted by atomic mass is 16.5. The molecule has 10 heteroatoms. The van der Waals surface area contributed by atoms with Crippen molar-refractivity contribution in [2.75, 3.05) is 27.4 Å². The summed E-state index contributed by atoms with van der Waals surface area (Å²) in [6, 6.07) is 16.6. The molecule has 0 spiro atoms. The van der Waals surface area contributed by atoms with Crippen LogP contribution < -0.4 is 24.3 Å². The lowest BCUT2D eigenvalue weighted by Gasteiger charge is -2.15. The first-order chi connectivity index (χ1) is 17.5. The number of aromatic nitrogens is 4. The van der Waals surface area contributed by atoms with Crippen molar-refractivity contribution >= 4 is 11.6 Å². The van der Waals surface area contributed by atoms with Gasteiger partial charge in [0.2, 0.25) is 5.88 Å². The topological polar surface area (TPSA) is 109 Å². The molecule has 1 N–H and O–H groups in total. The van der Waals surface area contributed by atoms with E-state index in [4.69, 9.17) is 18.9 Å². The van der Waals surface area contributed by atoms with Crippen LogP contribution >= 0.6 is 0 Å². The summed E-state index contributed by atoms with van der Waals surface area (Å²) in [5.74, 6) is 2.52. The number of nitrogens with zero attached hydrogens (tertiary/aromatic N) is 4. The Hall–Kier alpha value is -4.34. The van der Waals surface area contributed by atoms with Gasteiger partial charge in [0, 0.05) is 11.6 Å². The Morgan fingerprint density at radius 2 is 1.78 bits per heavy atom. The van der Waals surface area contributed by atoms with Gasteiger partial charge in [-0.3, -0.25) is 4.79 Å². The number of carbonyl (C=O) groups is 1. The predicted octanol–water partition coefficient (Wildman–Crippen LogP) is 3.33. The van der Waals surface area contributed by atoms with Crippen molar-refractivity contribution in [3.63, 3.8) is 0 Å². The number of amides is 1. The van der Waals surface area contributed by atoms with Crippen molar-refractivity contribution in [1.82, 2.24) is 25.1 Å². The van der Waals surface area contributed by atoms with E-state index < -0.39 is 6.10 Å². The number of methoxy groups -OCH3 is 2. The number of benzene rings is 2. The number of aryl methyl sites for hydroxylation is 1. The maximum absolute atomic E-state index is 12.4. The number of hydrogen-bond donors (Lipinski definition) is 1. The minimum atomic E-state index is -0.631. The lowest BCUT2D eigenvalue weighted by Crippen LogP contribution is -2.38. The lowest BCUT2D eigenvalue weighted by molar-refractivity contribution is -0.127. The summed E-state index contributed by atoms with van der Waals surface area (Å²) in [4.78, 5) is 12.4. The van der Waals surface area contributed by atoms with E-state index in [1.807, 2.05) is 30.3 Å². The number of hydrogen-bond acceptors (Lipinski definition) is 8. The summed E-state index contributed by atoms with van der Waals surface area (Å²) in [6.07, 6.45) is 0.320. The number of fused-ring (bicyclic) bond motifs is 1. The van der Waals surface area contributed by atoms with Gasteiger partial charge in [0.05, 0.1) is 20.8 Å². The van der Waals surface area contributed by atoms with Crippen LogP contribution in [-0.2, 0) is 11.2 Å². The summed E-state index contributed by atoms with van der Waals surface area (Å²) >= 11 is 0. The third kappa shape index (κ3) is 5.65. The monoisotopic (exact) mass is 491 g/mol. The van der Waals surface area contributed by atoms with Crippen molar-refractivity contribution in [3.05, 3.63) is 60.2 Å². The zero-order valence-electron chi connectivity index (χ0n) is 20.7. The van der Waals surface area contributed by atoms with Gasteiger partial charge in [0.15, 0.2) is 29.1 Å². The standard InChI is InChI=1S/C26H29N5O5/c1-5-18-6-9-20(10-7-18)36-17(2)26(32)27-14-15-35-24-13-12-23-28-29-25(31(23)30-24)19-8-11-21(33-3)22(16-19)34-4/h6-13,16-17H,5,14-15H2,1-4H3,(H,27,32). The minimum Gasteiger partial charge on any atom is -0.493 e. The molecule has 1 atom stereocenters. The maximum atomic E-state index is 12.4. The molecule has 4 aromatic rings. The molecule has 0 saturated heterocycles. The third-order valence-electron chi connectivity index (χ3n) is 5.55. The Labute approximate surface area is 209 Å². The van der Waals surface area contributed by atoms with Crippen LogP contribution in [0.1, 0.15) is 19.4 Å². The Morgan fingerprint density at radius 1 is 1.00 bits per heavy atom. The maximum Gasteiger partial charge on any atom is 0.260 e. The fourth-order valence-corrected chi connectivity index (χ4v) is 3.54. The average molecular weight is 492 g/mol. The van der Waals surface area contributed by atoms with Gasteiger partial charge >= 0.3 is 0 Å². The average Bonchev–Trinajstić information content (AvgIpc) is 3.34. The number of carbonyl (C=O) groups excluding carboxylic acids is 1. The number of nitrogens with one attached hydrogen (secondary N) is 1. The van der Waals surface area contributed by atoms with Gasteiger partial charge in [-0.05, 0) is 55.3 Å². The zero-order chi connectivity index (χ0) is 25.5. The van der Waals surface area contributed by atoms with E-state index in [1.54, 1.807) is 49.9 Å². The molecule has 0 bridgehead atoms. The highest BCUT2D eigenvalue weighted by molar-refractivity contribution is 5.80. The molecule has 0 aliphatic rings. The highest BCUT2D eigenvalue weighted by Gasteiger charge is 2.15. The molecule has 0 aliphatic heterocycles. The minimum absolute atomic E-state index is 0.226. The van der Waals surface area contributed by atoms with Gasteiger partial charge < -0.3 is 24.3 Å². The van der Waals surface area contributed by atoms with Crippen molar-refractivity contribution in [1.29, 1.82) is 0 Å². The van der Waals surface area contributed by atoms with Crippen molar-refractivity contribution in [2.24, 2.45) is 0 Å². The second kappa shape index (κ2) is 11.4. The smallest absolute Gasteiger partial charge is 0.260 e. The van der Waals surface area contributed by atoms with Crippen LogP contribution in [0.4, 0.5) is 0 Å². The summed E-state index contributed by atoms with van der Waals surface area (Å²) in [6.45, 7) is 4.33. The Balaban J connectivity index is 1.34. The molecule has 188 valence electrons. The molecule has 2 aromatic carbocycles. The number of ether oxygens (including phenoxy) is 4. The molecule has 0 saturated carbocycles. The normalized spacial score (nSPS) is 11.7. The molecule has 1 amide bonds. The summed E-state index contributed by atoms with van der Waals surface area (Å²) in [7, 11) is 3.15. The van der Waals surface area contributed by atoms with E-state index >= 15 is 0 Å². The van der Waals surface area contributed by atoms with Crippen molar-refractivity contribution in [3.8, 4) is 34.5 Å². The molecule has 0 fully saturated rings. The third-order valence-corrected chi connectivity index (χ3v) is 5.55. The fourth-order valence-electron chi connectivity index (χ4n) is 3.54. The summed E-state index contributed by atoms with van der Waals surface area (Å²) in [5.41, 5.74) is 2.54. The molecular weight excluding hydrogens is 462 g/mol. The van der Waals surface area contributed by atoms with Gasteiger partial charge in [-0.2, -0.15) is 4.52 Å². The van der Waals surface area contributed by atoms with Crippen molar-refractivity contribution < 1.29 is 23.7 Å². The lowest BCUT2D eigenvalue weighted by atomic mass is 10.2. The number of rotatable bonds is 11. The van der Waals surface area contributed by atoms with Crippen molar-refractivity contribution in [2.45, 2.75) is 26.4 Å². The van der Waals surface area contributed by atoms with Gasteiger partial charge in [-0.25, -0.2) is 0 Å². The Bertz CT molecular complexity index is 1320. The first-order valence-electron chi connectivity index (χ1n) is 11.6. The van der Waals surface area contributed by atoms with Crippen LogP contribution in [-0.4, -0.2) is 59.2 Å². The molecule has 2 aromatic heterocycles. The van der Waals surface area contributed by atoms with Crippen LogP contribution in [0.3, 0.4) is 0 Å². The van der Waals surface area contributed by atoms with Crippen LogP contribution in [0.5, 0.6) is 23.1 Å². The Kier molecular flexibility index (Phi) is 7.84. The van der Waals surface area contributed by atoms with Crippen LogP contribution in [0, 0.1) is 0 Å². The predicted molar refractivity (Wildman–Crippen MR) is 134 cm³/mol. The van der Waals surface area contributed by atoms with E-state index in [0.717, 1.165) is 12.0 Å². The van der Waals surface area contributed by atoms with Gasteiger partial charge in [0.1, 0.15) is 12.4 Å². The van der Waals surface area contributed by atoms with Gasteiger partial charge in [-0.15, -0.1) is 15.3 Å². The van der Waals surface area contributed by atoms with E-state index in [9.17, 15) is 4.79 Å². The molecule has 2 heterocycles. The molecule has 1 unspecified atom stereocenters. The SMILES string of the molecule is CCc1ccc(OC(C)C(=O)NCCOc2ccc3nnc(-c4ccc(OC)c(OC)c4)n3n2)cc1. The van der Waals surface area contributed by atoms with E-state index in [2.05, 4.69) is 27.5 Å². The highest BCUT2D eigenvalue weighted by Crippen LogP contribution is 2.31. The van der Waals surface area contributed by atoms with Crippen LogP contribution in [0.15, 0.2) is 54.6 Å². The second-order valence-electron chi connectivity index (χ2n) is 7.93. The van der Waals surface area contributed by atoms with E-state index in [-0.39, 0.29) is 12.5 Å². The summed E-state index contributed by atoms with van der Waals surface area (Å²) < 4.78 is 23.7. The van der Waals surface area contributed by atoms with Gasteiger partial charge in [-0.1, -0.05) is 19.1 Å². The molecule has 4 rings (SSSR count). The molecular formula is C26H29N5O5. The van der Waals surface area contributed by atoms with E-state index in [1.165, 1.54) is 5.56 Å². The quantitative estimate of drug-likeness (QED) is 0.318. The summed E-state index contributed by atoms with van der Waals surface area (Å²) in [5, 5.41) is 15.7. The van der Waals surface area contributed by atoms with E-state index in [0.29, 0.717) is 41.1 Å². The van der Waals surface area contributed by atoms with Crippen LogP contribution in [0.25, 0.3) is 17.0 Å². The molecule has 36 heavy (non-hydrogen) atoms. The van der Waals surface area contributed by atoms with Gasteiger partial charge in [0.25, 0.3) is 5.91 Å². The zero-order valence-corrected chi connectivity index (χ0v) is 20.7.